The molecule has 2 atom stereocenters. The van der Waals surface area contributed by atoms with Crippen LogP contribution >= 0.6 is 0 Å². The fourth-order valence-corrected chi connectivity index (χ4v) is 3.79. The monoisotopic (exact) mass is 245 g/mol. The van der Waals surface area contributed by atoms with Crippen LogP contribution in [-0.2, 0) is 6.42 Å². The molecule has 2 nitrogen and oxygen atoms in total. The Labute approximate surface area is 110 Å². The Morgan fingerprint density at radius 1 is 1.28 bits per heavy atom. The van der Waals surface area contributed by atoms with Gasteiger partial charge in [0.15, 0.2) is 0 Å². The standard InChI is InChI=1S/C16H23NO/c1-16(2)10-5-11-17(16)14-9-8-12-6-3-4-7-13(12)15(14)18/h3-4,6-7,14-15,18H,5,8-11H2,1-2H3. The third-order valence-corrected chi connectivity index (χ3v) is 4.81. The summed E-state index contributed by atoms with van der Waals surface area (Å²) in [6, 6.07) is 8.67. The van der Waals surface area contributed by atoms with Gasteiger partial charge in [0.05, 0.1) is 6.10 Å². The molecular formula is C16H23NO. The maximum Gasteiger partial charge on any atom is 0.0948 e. The molecule has 1 heterocycles. The van der Waals surface area contributed by atoms with Crippen molar-refractivity contribution in [2.75, 3.05) is 6.54 Å². The van der Waals surface area contributed by atoms with Crippen molar-refractivity contribution in [2.45, 2.75) is 57.2 Å². The molecule has 1 aromatic carbocycles. The van der Waals surface area contributed by atoms with Gasteiger partial charge in [-0.2, -0.15) is 0 Å². The molecule has 1 fully saturated rings. The van der Waals surface area contributed by atoms with Crippen LogP contribution in [-0.4, -0.2) is 28.1 Å². The first kappa shape index (κ1) is 12.2. The molecule has 1 N–H and O–H groups in total. The van der Waals surface area contributed by atoms with E-state index in [1.807, 2.05) is 6.07 Å². The fraction of sp³-hybridized carbons (Fsp3) is 0.625. The maximum absolute atomic E-state index is 10.7. The van der Waals surface area contributed by atoms with Crippen molar-refractivity contribution in [3.8, 4) is 0 Å². The highest BCUT2D eigenvalue weighted by atomic mass is 16.3. The Kier molecular flexibility index (Phi) is 2.95. The number of benzene rings is 1. The van der Waals surface area contributed by atoms with Gasteiger partial charge >= 0.3 is 0 Å². The van der Waals surface area contributed by atoms with Gasteiger partial charge in [-0.1, -0.05) is 24.3 Å². The zero-order valence-corrected chi connectivity index (χ0v) is 11.4. The highest BCUT2D eigenvalue weighted by Crippen LogP contribution is 2.39. The van der Waals surface area contributed by atoms with Crippen LogP contribution in [0.25, 0.3) is 0 Å². The molecule has 0 aromatic heterocycles. The average Bonchev–Trinajstić information content (AvgIpc) is 2.70. The van der Waals surface area contributed by atoms with Crippen LogP contribution in [0.15, 0.2) is 24.3 Å². The number of rotatable bonds is 1. The van der Waals surface area contributed by atoms with Gasteiger partial charge in [0.1, 0.15) is 0 Å². The zero-order chi connectivity index (χ0) is 12.8. The summed E-state index contributed by atoms with van der Waals surface area (Å²) in [4.78, 5) is 2.54. The van der Waals surface area contributed by atoms with E-state index in [0.29, 0.717) is 6.04 Å². The summed E-state index contributed by atoms with van der Waals surface area (Å²) in [6.45, 7) is 5.76. The largest absolute Gasteiger partial charge is 0.387 e. The molecule has 1 aliphatic carbocycles. The Balaban J connectivity index is 1.89. The number of hydrogen-bond acceptors (Lipinski definition) is 2. The summed E-state index contributed by atoms with van der Waals surface area (Å²) in [7, 11) is 0. The molecular weight excluding hydrogens is 222 g/mol. The van der Waals surface area contributed by atoms with E-state index >= 15 is 0 Å². The highest BCUT2D eigenvalue weighted by Gasteiger charge is 2.41. The Bertz CT molecular complexity index is 440. The molecule has 3 rings (SSSR count). The molecule has 0 saturated carbocycles. The fourth-order valence-electron chi connectivity index (χ4n) is 3.79. The van der Waals surface area contributed by atoms with Crippen LogP contribution in [0, 0.1) is 0 Å². The van der Waals surface area contributed by atoms with Crippen molar-refractivity contribution in [1.29, 1.82) is 0 Å². The summed E-state index contributed by atoms with van der Waals surface area (Å²) < 4.78 is 0. The summed E-state index contributed by atoms with van der Waals surface area (Å²) in [5.74, 6) is 0. The van der Waals surface area contributed by atoms with Gasteiger partial charge in [0.25, 0.3) is 0 Å². The Hall–Kier alpha value is -0.860. The number of hydrogen-bond donors (Lipinski definition) is 1. The maximum atomic E-state index is 10.7. The van der Waals surface area contributed by atoms with E-state index in [9.17, 15) is 5.11 Å². The lowest BCUT2D eigenvalue weighted by atomic mass is 9.84. The van der Waals surface area contributed by atoms with E-state index in [2.05, 4.69) is 36.9 Å². The minimum Gasteiger partial charge on any atom is -0.387 e. The molecule has 2 heteroatoms. The number of aryl methyl sites for hydroxylation is 1. The van der Waals surface area contributed by atoms with Gasteiger partial charge in [-0.15, -0.1) is 0 Å². The van der Waals surface area contributed by atoms with Crippen LogP contribution < -0.4 is 0 Å². The summed E-state index contributed by atoms with van der Waals surface area (Å²) in [5.41, 5.74) is 2.73. The number of fused-ring (bicyclic) bond motifs is 1. The van der Waals surface area contributed by atoms with Gasteiger partial charge in [-0.3, -0.25) is 4.90 Å². The zero-order valence-electron chi connectivity index (χ0n) is 11.4. The van der Waals surface area contributed by atoms with E-state index < -0.39 is 0 Å². The first-order valence-electron chi connectivity index (χ1n) is 7.12. The Morgan fingerprint density at radius 2 is 2.06 bits per heavy atom. The molecule has 0 amide bonds. The van der Waals surface area contributed by atoms with Gasteiger partial charge in [0, 0.05) is 11.6 Å². The number of aliphatic hydroxyl groups excluding tert-OH is 1. The van der Waals surface area contributed by atoms with Gasteiger partial charge < -0.3 is 5.11 Å². The second kappa shape index (κ2) is 4.36. The summed E-state index contributed by atoms with van der Waals surface area (Å²) in [5, 5.41) is 10.7. The molecule has 2 unspecified atom stereocenters. The van der Waals surface area contributed by atoms with E-state index in [1.165, 1.54) is 18.4 Å². The van der Waals surface area contributed by atoms with Crippen LogP contribution in [0.1, 0.15) is 50.3 Å². The van der Waals surface area contributed by atoms with Gasteiger partial charge in [0.2, 0.25) is 0 Å². The first-order chi connectivity index (χ1) is 8.59. The van der Waals surface area contributed by atoms with Crippen molar-refractivity contribution in [1.82, 2.24) is 4.90 Å². The summed E-state index contributed by atoms with van der Waals surface area (Å²) >= 11 is 0. The molecule has 18 heavy (non-hydrogen) atoms. The molecule has 0 bridgehead atoms. The minimum atomic E-state index is -0.313. The molecule has 1 saturated heterocycles. The van der Waals surface area contributed by atoms with Crippen molar-refractivity contribution in [2.24, 2.45) is 0 Å². The quantitative estimate of drug-likeness (QED) is 0.822. The number of likely N-dealkylation sites (tertiary alicyclic amines) is 1. The van der Waals surface area contributed by atoms with E-state index in [4.69, 9.17) is 0 Å². The second-order valence-electron chi connectivity index (χ2n) is 6.36. The smallest absolute Gasteiger partial charge is 0.0948 e. The lowest BCUT2D eigenvalue weighted by Crippen LogP contribution is -2.49. The average molecular weight is 245 g/mol. The molecule has 0 spiro atoms. The van der Waals surface area contributed by atoms with Crippen LogP contribution in [0.3, 0.4) is 0 Å². The molecule has 98 valence electrons. The lowest BCUT2D eigenvalue weighted by molar-refractivity contribution is 0.00430. The van der Waals surface area contributed by atoms with Gasteiger partial charge in [-0.05, 0) is 57.2 Å². The molecule has 1 aliphatic heterocycles. The van der Waals surface area contributed by atoms with Crippen LogP contribution in [0.4, 0.5) is 0 Å². The topological polar surface area (TPSA) is 23.5 Å². The normalized spacial score (nSPS) is 31.3. The third-order valence-electron chi connectivity index (χ3n) is 4.81. The molecule has 2 aliphatic rings. The number of aliphatic hydroxyl groups is 1. The SMILES string of the molecule is CC1(C)CCCN1C1CCc2ccccc2C1O. The van der Waals surface area contributed by atoms with E-state index in [-0.39, 0.29) is 11.6 Å². The summed E-state index contributed by atoms with van der Waals surface area (Å²) in [6.07, 6.45) is 4.38. The van der Waals surface area contributed by atoms with Gasteiger partial charge in [-0.25, -0.2) is 0 Å². The lowest BCUT2D eigenvalue weighted by Gasteiger charge is -2.43. The van der Waals surface area contributed by atoms with E-state index in [1.54, 1.807) is 0 Å². The predicted octanol–water partition coefficient (Wildman–Crippen LogP) is 2.91. The molecule has 0 radical (unpaired) electrons. The number of nitrogens with zero attached hydrogens (tertiary/aromatic N) is 1. The van der Waals surface area contributed by atoms with Crippen molar-refractivity contribution in [3.05, 3.63) is 35.4 Å². The molecule has 1 aromatic rings. The third kappa shape index (κ3) is 1.88. The van der Waals surface area contributed by atoms with Crippen LogP contribution in [0.5, 0.6) is 0 Å². The van der Waals surface area contributed by atoms with Crippen molar-refractivity contribution in [3.63, 3.8) is 0 Å². The first-order valence-corrected chi connectivity index (χ1v) is 7.12. The van der Waals surface area contributed by atoms with E-state index in [0.717, 1.165) is 24.9 Å². The van der Waals surface area contributed by atoms with Crippen molar-refractivity contribution < 1.29 is 5.11 Å². The minimum absolute atomic E-state index is 0.248. The Morgan fingerprint density at radius 3 is 2.78 bits per heavy atom. The van der Waals surface area contributed by atoms with Crippen LogP contribution in [0.2, 0.25) is 0 Å². The highest BCUT2D eigenvalue weighted by molar-refractivity contribution is 5.33. The van der Waals surface area contributed by atoms with Crippen molar-refractivity contribution >= 4 is 0 Å². The predicted molar refractivity (Wildman–Crippen MR) is 73.5 cm³/mol. The second-order valence-corrected chi connectivity index (χ2v) is 6.36.